The Hall–Kier alpha value is -2.34. The summed E-state index contributed by atoms with van der Waals surface area (Å²) in [6.45, 7) is 3.93. The molecule has 3 nitrogen and oxygen atoms in total. The molecule has 17 heavy (non-hydrogen) atoms. The fourth-order valence-corrected chi connectivity index (χ4v) is 1.58. The number of hydrogen-bond donors (Lipinski definition) is 1. The van der Waals surface area contributed by atoms with Gasteiger partial charge in [-0.05, 0) is 43.7 Å². The highest BCUT2D eigenvalue weighted by atomic mass is 15.1. The lowest BCUT2D eigenvalue weighted by molar-refractivity contribution is 1.10. The molecule has 0 aliphatic carbocycles. The molecule has 0 radical (unpaired) electrons. The molecule has 0 bridgehead atoms. The molecule has 1 aromatic heterocycles. The first-order valence-electron chi connectivity index (χ1n) is 5.32. The lowest BCUT2D eigenvalue weighted by Gasteiger charge is -2.06. The lowest BCUT2D eigenvalue weighted by atomic mass is 10.1. The summed E-state index contributed by atoms with van der Waals surface area (Å²) >= 11 is 0. The van der Waals surface area contributed by atoms with E-state index in [0.29, 0.717) is 5.95 Å². The minimum atomic E-state index is 0.582. The van der Waals surface area contributed by atoms with Crippen molar-refractivity contribution in [1.29, 1.82) is 0 Å². The van der Waals surface area contributed by atoms with Crippen molar-refractivity contribution >= 4 is 11.6 Å². The fraction of sp³-hybridized carbons (Fsp3) is 0.143. The zero-order valence-corrected chi connectivity index (χ0v) is 9.86. The summed E-state index contributed by atoms with van der Waals surface area (Å²) < 4.78 is 0. The van der Waals surface area contributed by atoms with E-state index in [0.717, 1.165) is 22.5 Å². The molecule has 1 heterocycles. The maximum Gasteiger partial charge on any atom is 0.227 e. The summed E-state index contributed by atoms with van der Waals surface area (Å²) in [5.41, 5.74) is 3.78. The Labute approximate surface area is 101 Å². The maximum absolute atomic E-state index is 5.40. The topological polar surface area (TPSA) is 37.8 Å². The first-order chi connectivity index (χ1) is 8.17. The van der Waals surface area contributed by atoms with E-state index in [9.17, 15) is 0 Å². The van der Waals surface area contributed by atoms with Crippen LogP contribution in [0.25, 0.3) is 0 Å². The second-order valence-corrected chi connectivity index (χ2v) is 3.88. The fourth-order valence-electron chi connectivity index (χ4n) is 1.58. The van der Waals surface area contributed by atoms with Crippen LogP contribution in [0.2, 0.25) is 0 Å². The van der Waals surface area contributed by atoms with Crippen molar-refractivity contribution in [3.8, 4) is 12.3 Å². The number of nitrogens with one attached hydrogen (secondary N) is 1. The van der Waals surface area contributed by atoms with Crippen molar-refractivity contribution in [3.05, 3.63) is 47.3 Å². The lowest BCUT2D eigenvalue weighted by Crippen LogP contribution is -1.98. The van der Waals surface area contributed by atoms with E-state index in [2.05, 4.69) is 21.2 Å². The Morgan fingerprint density at radius 2 is 2.06 bits per heavy atom. The van der Waals surface area contributed by atoms with Crippen LogP contribution in [0.5, 0.6) is 0 Å². The number of hydrogen-bond acceptors (Lipinski definition) is 3. The van der Waals surface area contributed by atoms with Gasteiger partial charge in [-0.1, -0.05) is 5.92 Å². The van der Waals surface area contributed by atoms with Crippen molar-refractivity contribution in [2.24, 2.45) is 0 Å². The highest BCUT2D eigenvalue weighted by Gasteiger charge is 2.00. The SMILES string of the molecule is C#Cc1cc(C)cc(Nc2nccc(C)n2)c1. The second kappa shape index (κ2) is 4.67. The number of benzene rings is 1. The minimum absolute atomic E-state index is 0.582. The van der Waals surface area contributed by atoms with Gasteiger partial charge in [-0.25, -0.2) is 9.97 Å². The summed E-state index contributed by atoms with van der Waals surface area (Å²) in [6.07, 6.45) is 7.12. The number of aromatic nitrogens is 2. The summed E-state index contributed by atoms with van der Waals surface area (Å²) in [5.74, 6) is 3.21. The van der Waals surface area contributed by atoms with Gasteiger partial charge in [0.05, 0.1) is 0 Å². The van der Waals surface area contributed by atoms with E-state index in [1.54, 1.807) is 6.20 Å². The molecule has 1 aromatic carbocycles. The van der Waals surface area contributed by atoms with Crippen molar-refractivity contribution in [2.75, 3.05) is 5.32 Å². The third-order valence-electron chi connectivity index (χ3n) is 2.29. The van der Waals surface area contributed by atoms with Gasteiger partial charge in [-0.2, -0.15) is 0 Å². The monoisotopic (exact) mass is 223 g/mol. The van der Waals surface area contributed by atoms with Crippen LogP contribution in [0, 0.1) is 26.2 Å². The quantitative estimate of drug-likeness (QED) is 0.795. The molecular formula is C14H13N3. The van der Waals surface area contributed by atoms with Gasteiger partial charge in [0.2, 0.25) is 5.95 Å². The first-order valence-corrected chi connectivity index (χ1v) is 5.32. The van der Waals surface area contributed by atoms with Gasteiger partial charge in [-0.15, -0.1) is 6.42 Å². The standard InChI is InChI=1S/C14H13N3/c1-4-12-7-10(2)8-13(9-12)17-14-15-6-5-11(3)16-14/h1,5-9H,2-3H3,(H,15,16,17). The smallest absolute Gasteiger partial charge is 0.227 e. The Balaban J connectivity index is 2.30. The van der Waals surface area contributed by atoms with Gasteiger partial charge < -0.3 is 5.32 Å². The van der Waals surface area contributed by atoms with Gasteiger partial charge in [0.25, 0.3) is 0 Å². The molecule has 1 N–H and O–H groups in total. The van der Waals surface area contributed by atoms with Crippen LogP contribution < -0.4 is 5.32 Å². The van der Waals surface area contributed by atoms with E-state index in [1.165, 1.54) is 0 Å². The molecule has 0 atom stereocenters. The Morgan fingerprint density at radius 1 is 1.24 bits per heavy atom. The van der Waals surface area contributed by atoms with E-state index in [4.69, 9.17) is 6.42 Å². The van der Waals surface area contributed by atoms with E-state index in [-0.39, 0.29) is 0 Å². The molecule has 0 aliphatic rings. The molecule has 0 amide bonds. The Kier molecular flexibility index (Phi) is 3.06. The van der Waals surface area contributed by atoms with Crippen LogP contribution >= 0.6 is 0 Å². The van der Waals surface area contributed by atoms with Crippen molar-refractivity contribution in [3.63, 3.8) is 0 Å². The zero-order chi connectivity index (χ0) is 12.3. The molecule has 3 heteroatoms. The summed E-state index contributed by atoms with van der Waals surface area (Å²) in [5, 5.41) is 3.14. The van der Waals surface area contributed by atoms with Gasteiger partial charge in [-0.3, -0.25) is 0 Å². The van der Waals surface area contributed by atoms with Crippen molar-refractivity contribution < 1.29 is 0 Å². The molecule has 0 fully saturated rings. The highest BCUT2D eigenvalue weighted by Crippen LogP contribution is 2.17. The third kappa shape index (κ3) is 2.82. The zero-order valence-electron chi connectivity index (χ0n) is 9.86. The van der Waals surface area contributed by atoms with Crippen LogP contribution in [0.4, 0.5) is 11.6 Å². The molecule has 2 aromatic rings. The highest BCUT2D eigenvalue weighted by molar-refractivity contribution is 5.58. The molecule has 84 valence electrons. The van der Waals surface area contributed by atoms with Crippen LogP contribution in [-0.4, -0.2) is 9.97 Å². The molecule has 2 rings (SSSR count). The van der Waals surface area contributed by atoms with Crippen LogP contribution in [-0.2, 0) is 0 Å². The van der Waals surface area contributed by atoms with Gasteiger partial charge >= 0.3 is 0 Å². The Bertz CT molecular complexity index is 582. The molecule has 0 saturated heterocycles. The average molecular weight is 223 g/mol. The number of nitrogens with zero attached hydrogens (tertiary/aromatic N) is 2. The normalized spacial score (nSPS) is 9.71. The number of terminal acetylenes is 1. The molecule has 0 spiro atoms. The van der Waals surface area contributed by atoms with Crippen LogP contribution in [0.1, 0.15) is 16.8 Å². The molecule has 0 unspecified atom stereocenters. The number of rotatable bonds is 2. The van der Waals surface area contributed by atoms with Gasteiger partial charge in [0.1, 0.15) is 0 Å². The minimum Gasteiger partial charge on any atom is -0.324 e. The molecular weight excluding hydrogens is 210 g/mol. The van der Waals surface area contributed by atoms with Gasteiger partial charge in [0, 0.05) is 23.1 Å². The largest absolute Gasteiger partial charge is 0.324 e. The number of anilines is 2. The summed E-state index contributed by atoms with van der Waals surface area (Å²) in [7, 11) is 0. The van der Waals surface area contributed by atoms with Crippen molar-refractivity contribution in [2.45, 2.75) is 13.8 Å². The van der Waals surface area contributed by atoms with E-state index >= 15 is 0 Å². The number of aryl methyl sites for hydroxylation is 2. The molecule has 0 saturated carbocycles. The maximum atomic E-state index is 5.40. The summed E-state index contributed by atoms with van der Waals surface area (Å²) in [4.78, 5) is 8.43. The first kappa shape index (κ1) is 11.2. The Morgan fingerprint density at radius 3 is 2.76 bits per heavy atom. The van der Waals surface area contributed by atoms with Crippen molar-refractivity contribution in [1.82, 2.24) is 9.97 Å². The molecule has 0 aliphatic heterocycles. The summed E-state index contributed by atoms with van der Waals surface area (Å²) in [6, 6.07) is 7.72. The average Bonchev–Trinajstić information content (AvgIpc) is 2.28. The van der Waals surface area contributed by atoms with Gasteiger partial charge in [0.15, 0.2) is 0 Å². The predicted molar refractivity (Wildman–Crippen MR) is 69.2 cm³/mol. The van der Waals surface area contributed by atoms with Crippen LogP contribution in [0.15, 0.2) is 30.5 Å². The predicted octanol–water partition coefficient (Wildman–Crippen LogP) is 2.82. The van der Waals surface area contributed by atoms with Crippen LogP contribution in [0.3, 0.4) is 0 Å². The third-order valence-corrected chi connectivity index (χ3v) is 2.29. The van der Waals surface area contributed by atoms with E-state index in [1.807, 2.05) is 38.1 Å². The second-order valence-electron chi connectivity index (χ2n) is 3.88. The van der Waals surface area contributed by atoms with E-state index < -0.39 is 0 Å².